The van der Waals surface area contributed by atoms with Crippen LogP contribution < -0.4 is 9.20 Å². The van der Waals surface area contributed by atoms with E-state index in [1.807, 2.05) is 23.5 Å². The Balaban J connectivity index is 2.38. The maximum atomic E-state index is 10.6. The molecule has 0 saturated carbocycles. The number of rotatable bonds is 4. The van der Waals surface area contributed by atoms with Crippen molar-refractivity contribution in [2.24, 2.45) is 0 Å². The molecule has 0 saturated heterocycles. The van der Waals surface area contributed by atoms with Crippen LogP contribution in [0.25, 0.3) is 0 Å². The summed E-state index contributed by atoms with van der Waals surface area (Å²) in [6, 6.07) is 4.20. The third kappa shape index (κ3) is 4.56. The van der Waals surface area contributed by atoms with E-state index in [9.17, 15) is 4.79 Å². The molecule has 0 aromatic heterocycles. The van der Waals surface area contributed by atoms with E-state index < -0.39 is 5.97 Å². The van der Waals surface area contributed by atoms with Crippen LogP contribution in [0.4, 0.5) is 0 Å². The van der Waals surface area contributed by atoms with Crippen LogP contribution in [-0.2, 0) is 8.87 Å². The van der Waals surface area contributed by atoms with Gasteiger partial charge in [0.15, 0.2) is 0 Å². The Morgan fingerprint density at radius 3 is 2.79 bits per heavy atom. The molecular formula is C17H17BrO3S2Se. The molecule has 3 nitrogen and oxygen atoms in total. The number of hydrogen-bond donors (Lipinski definition) is 1. The summed E-state index contributed by atoms with van der Waals surface area (Å²) in [4.78, 5) is 13.8. The molecule has 0 atom stereocenters. The van der Waals surface area contributed by atoms with Crippen LogP contribution in [0.5, 0.6) is 5.75 Å². The van der Waals surface area contributed by atoms with Crippen LogP contribution in [0.3, 0.4) is 0 Å². The van der Waals surface area contributed by atoms with Gasteiger partial charge < -0.3 is 0 Å². The van der Waals surface area contributed by atoms with Gasteiger partial charge in [0, 0.05) is 0 Å². The summed E-state index contributed by atoms with van der Waals surface area (Å²) in [5.74, 6) is 2.89. The third-order valence-corrected chi connectivity index (χ3v) is 8.67. The number of ether oxygens (including phenoxy) is 1. The van der Waals surface area contributed by atoms with Gasteiger partial charge in [-0.15, -0.1) is 0 Å². The van der Waals surface area contributed by atoms with Crippen LogP contribution in [0.1, 0.15) is 18.9 Å². The van der Waals surface area contributed by atoms with Crippen LogP contribution >= 0.6 is 39.5 Å². The summed E-state index contributed by atoms with van der Waals surface area (Å²) in [6.45, 7) is 2.40. The minimum atomic E-state index is -0.970. The van der Waals surface area contributed by atoms with E-state index in [2.05, 4.69) is 51.3 Å². The first-order valence-electron chi connectivity index (χ1n) is 7.08. The molecule has 1 aromatic rings. The van der Waals surface area contributed by atoms with Gasteiger partial charge >= 0.3 is 166 Å². The summed E-state index contributed by atoms with van der Waals surface area (Å²) in [5.41, 5.74) is 1.76. The first-order chi connectivity index (χ1) is 11.4. The van der Waals surface area contributed by atoms with Gasteiger partial charge in [0.2, 0.25) is 0 Å². The molecule has 0 unspecified atom stereocenters. The van der Waals surface area contributed by atoms with E-state index in [0.717, 1.165) is 27.2 Å². The van der Waals surface area contributed by atoms with E-state index >= 15 is 0 Å². The number of hydrogen-bond acceptors (Lipinski definition) is 4. The molecule has 128 valence electrons. The van der Waals surface area contributed by atoms with Gasteiger partial charge in [-0.2, -0.15) is 0 Å². The number of allylic oxidation sites excluding steroid dienone is 1. The Morgan fingerprint density at radius 2 is 2.17 bits per heavy atom. The molecule has 1 aliphatic rings. The summed E-state index contributed by atoms with van der Waals surface area (Å²) in [7, 11) is 0. The molecule has 1 aliphatic heterocycles. The fourth-order valence-electron chi connectivity index (χ4n) is 2.39. The predicted molar refractivity (Wildman–Crippen MR) is 108 cm³/mol. The Morgan fingerprint density at radius 1 is 1.46 bits per heavy atom. The molecule has 0 bridgehead atoms. The van der Waals surface area contributed by atoms with Crippen molar-refractivity contribution in [1.29, 1.82) is 0 Å². The number of carboxylic acid groups (broad SMARTS) is 1. The summed E-state index contributed by atoms with van der Waals surface area (Å²) < 4.78 is 8.11. The van der Waals surface area contributed by atoms with Gasteiger partial charge in [-0.25, -0.2) is 0 Å². The molecular weight excluding hydrogens is 475 g/mol. The summed E-state index contributed by atoms with van der Waals surface area (Å²) in [5, 5.41) is 8.74. The first kappa shape index (κ1) is 19.8. The molecule has 0 radical (unpaired) electrons. The first-order valence-corrected chi connectivity index (χ1v) is 12.0. The maximum absolute atomic E-state index is 10.6. The van der Waals surface area contributed by atoms with Gasteiger partial charge in [0.1, 0.15) is 0 Å². The second kappa shape index (κ2) is 8.73. The number of aliphatic carboxylic acids is 1. The molecule has 1 aromatic carbocycles. The second-order valence-electron chi connectivity index (χ2n) is 5.03. The van der Waals surface area contributed by atoms with Gasteiger partial charge in [-0.3, -0.25) is 0 Å². The van der Waals surface area contributed by atoms with Crippen LogP contribution in [-0.4, -0.2) is 45.2 Å². The van der Waals surface area contributed by atoms with Crippen LogP contribution in [0, 0.1) is 10.7 Å². The number of carbonyl (C=O) groups is 1. The molecule has 0 amide bonds. The molecule has 1 heterocycles. The van der Waals surface area contributed by atoms with Gasteiger partial charge in [-0.1, -0.05) is 0 Å². The number of fused-ring (bicyclic) bond motifs is 1. The molecule has 1 N–H and O–H groups in total. The number of thioether (sulfide) groups is 2. The minimum absolute atomic E-state index is 0.00868. The number of benzene rings is 1. The topological polar surface area (TPSA) is 46.5 Å². The summed E-state index contributed by atoms with van der Waals surface area (Å²) >= 11 is 7.19. The zero-order valence-electron chi connectivity index (χ0n) is 13.5. The second-order valence-corrected chi connectivity index (χ2v) is 10.2. The average molecular weight is 492 g/mol. The van der Waals surface area contributed by atoms with Gasteiger partial charge in [0.25, 0.3) is 0 Å². The fraction of sp³-hybridized carbons (Fsp3) is 0.353. The molecule has 0 spiro atoms. The van der Waals surface area contributed by atoms with E-state index in [4.69, 9.17) is 9.84 Å². The number of halogens is 1. The Labute approximate surface area is 165 Å². The Kier molecular flexibility index (Phi) is 7.21. The zero-order valence-corrected chi connectivity index (χ0v) is 18.4. The fourth-order valence-corrected chi connectivity index (χ4v) is 6.79. The molecule has 0 aliphatic carbocycles. The monoisotopic (exact) mass is 492 g/mol. The number of carboxylic acids is 1. The zero-order chi connectivity index (χ0) is 17.7. The third-order valence-electron chi connectivity index (χ3n) is 3.52. The Bertz CT molecular complexity index is 733. The van der Waals surface area contributed by atoms with E-state index in [1.165, 1.54) is 5.56 Å². The van der Waals surface area contributed by atoms with Crippen molar-refractivity contribution in [2.75, 3.05) is 19.1 Å². The predicted octanol–water partition coefficient (Wildman–Crippen LogP) is 3.43. The van der Waals surface area contributed by atoms with E-state index in [-0.39, 0.29) is 19.0 Å². The molecule has 2 rings (SSSR count). The molecule has 0 fully saturated rings. The van der Waals surface area contributed by atoms with Crippen LogP contribution in [0.15, 0.2) is 28.3 Å². The van der Waals surface area contributed by atoms with Crippen molar-refractivity contribution < 1.29 is 14.6 Å². The van der Waals surface area contributed by atoms with Crippen molar-refractivity contribution in [3.8, 4) is 16.5 Å². The molecule has 24 heavy (non-hydrogen) atoms. The van der Waals surface area contributed by atoms with Crippen molar-refractivity contribution in [2.45, 2.75) is 17.4 Å². The van der Waals surface area contributed by atoms with Crippen molar-refractivity contribution in [3.05, 3.63) is 33.8 Å². The SMILES string of the molecule is CSC1(SC)CCOc2c([Se]C#CC(C)=CC(=O)O)cc(Br)cc21. The molecule has 7 heteroatoms. The normalized spacial score (nSPS) is 15.8. The van der Waals surface area contributed by atoms with Crippen molar-refractivity contribution in [1.82, 2.24) is 0 Å². The summed E-state index contributed by atoms with van der Waals surface area (Å²) in [6.07, 6.45) is 6.37. The Hall–Kier alpha value is -0.511. The van der Waals surface area contributed by atoms with Crippen molar-refractivity contribution in [3.63, 3.8) is 0 Å². The van der Waals surface area contributed by atoms with E-state index in [1.54, 1.807) is 6.92 Å². The van der Waals surface area contributed by atoms with Gasteiger partial charge in [-0.05, 0) is 0 Å². The standard InChI is InChI=1S/C17H17BrO3S2Se/c1-11(8-15(19)20)4-7-24-14-10-12(18)9-13-16(14)21-6-5-17(13,22-2)23-3/h8-10H,5-6H2,1-3H3,(H,19,20). The average Bonchev–Trinajstić information content (AvgIpc) is 2.53. The van der Waals surface area contributed by atoms with Crippen LogP contribution in [0.2, 0.25) is 0 Å². The van der Waals surface area contributed by atoms with E-state index in [0.29, 0.717) is 12.2 Å². The van der Waals surface area contributed by atoms with Gasteiger partial charge in [0.05, 0.1) is 0 Å². The van der Waals surface area contributed by atoms with Crippen molar-refractivity contribution >= 4 is 64.8 Å². The quantitative estimate of drug-likeness (QED) is 0.302.